The maximum absolute atomic E-state index is 13.0. The van der Waals surface area contributed by atoms with Crippen molar-refractivity contribution in [1.29, 1.82) is 0 Å². The molecular weight excluding hydrogens is 472 g/mol. The van der Waals surface area contributed by atoms with Crippen LogP contribution in [0.4, 0.5) is 0 Å². The van der Waals surface area contributed by atoms with Crippen molar-refractivity contribution in [2.75, 3.05) is 13.1 Å². The number of aliphatic carboxylic acids is 2. The Morgan fingerprint density at radius 2 is 1.17 bits per heavy atom. The smallest absolute Gasteiger partial charge is 0.326 e. The van der Waals surface area contributed by atoms with Crippen LogP contribution in [0.3, 0.4) is 0 Å². The number of carbonyl (C=O) groups is 5. The van der Waals surface area contributed by atoms with Crippen LogP contribution in [0.25, 0.3) is 0 Å². The van der Waals surface area contributed by atoms with Gasteiger partial charge in [-0.3, -0.25) is 19.2 Å². The molecule has 0 heterocycles. The lowest BCUT2D eigenvalue weighted by molar-refractivity contribution is -0.142. The minimum absolute atomic E-state index is 0.171. The molecule has 0 aliphatic carbocycles. The van der Waals surface area contributed by atoms with Crippen LogP contribution in [0.5, 0.6) is 0 Å². The molecule has 0 aromatic rings. The molecule has 13 heteroatoms. The molecule has 11 N–H and O–H groups in total. The topological polar surface area (TPSA) is 240 Å². The highest BCUT2D eigenvalue weighted by atomic mass is 16.4. The third-order valence-electron chi connectivity index (χ3n) is 5.98. The predicted octanol–water partition coefficient (Wildman–Crippen LogP) is -0.978. The number of nitrogens with two attached hydrogens (primary N) is 3. The van der Waals surface area contributed by atoms with Crippen molar-refractivity contribution in [3.05, 3.63) is 0 Å². The number of carboxylic acids is 2. The van der Waals surface area contributed by atoms with Gasteiger partial charge in [0, 0.05) is 6.42 Å². The lowest BCUT2D eigenvalue weighted by Crippen LogP contribution is -2.57. The Labute approximate surface area is 212 Å². The average molecular weight is 517 g/mol. The molecule has 0 bridgehead atoms. The summed E-state index contributed by atoms with van der Waals surface area (Å²) in [5, 5.41) is 26.0. The van der Waals surface area contributed by atoms with E-state index in [1.54, 1.807) is 6.92 Å². The lowest BCUT2D eigenvalue weighted by atomic mass is 9.98. The van der Waals surface area contributed by atoms with Crippen molar-refractivity contribution in [2.24, 2.45) is 23.1 Å². The van der Waals surface area contributed by atoms with Gasteiger partial charge in [0.25, 0.3) is 0 Å². The molecule has 0 saturated carbocycles. The monoisotopic (exact) mass is 516 g/mol. The van der Waals surface area contributed by atoms with Crippen molar-refractivity contribution in [3.63, 3.8) is 0 Å². The maximum Gasteiger partial charge on any atom is 0.326 e. The predicted molar refractivity (Wildman–Crippen MR) is 134 cm³/mol. The zero-order valence-electron chi connectivity index (χ0n) is 21.3. The molecular formula is C23H44N6O7. The molecule has 208 valence electrons. The molecule has 5 atom stereocenters. The van der Waals surface area contributed by atoms with E-state index in [1.807, 2.05) is 6.92 Å². The summed E-state index contributed by atoms with van der Waals surface area (Å²) in [6.45, 7) is 4.39. The van der Waals surface area contributed by atoms with E-state index in [0.717, 1.165) is 0 Å². The molecule has 0 radical (unpaired) electrons. The Hall–Kier alpha value is -2.77. The van der Waals surface area contributed by atoms with Gasteiger partial charge in [0.15, 0.2) is 0 Å². The number of carbonyl (C=O) groups excluding carboxylic acids is 3. The third kappa shape index (κ3) is 13.4. The highest BCUT2D eigenvalue weighted by Crippen LogP contribution is 2.09. The van der Waals surface area contributed by atoms with Crippen LogP contribution < -0.4 is 33.2 Å². The van der Waals surface area contributed by atoms with Crippen LogP contribution in [-0.2, 0) is 24.0 Å². The molecule has 0 rings (SSSR count). The maximum atomic E-state index is 13.0. The van der Waals surface area contributed by atoms with Gasteiger partial charge in [-0.05, 0) is 64.0 Å². The highest BCUT2D eigenvalue weighted by molar-refractivity contribution is 5.94. The van der Waals surface area contributed by atoms with Gasteiger partial charge >= 0.3 is 11.9 Å². The number of carboxylic acid groups (broad SMARTS) is 2. The Morgan fingerprint density at radius 1 is 0.722 bits per heavy atom. The molecule has 0 aliphatic rings. The van der Waals surface area contributed by atoms with Gasteiger partial charge in [-0.15, -0.1) is 0 Å². The first-order chi connectivity index (χ1) is 17.0. The molecule has 13 nitrogen and oxygen atoms in total. The van der Waals surface area contributed by atoms with Crippen molar-refractivity contribution in [3.8, 4) is 0 Å². The van der Waals surface area contributed by atoms with Crippen LogP contribution in [0.15, 0.2) is 0 Å². The van der Waals surface area contributed by atoms with Gasteiger partial charge in [-0.1, -0.05) is 20.3 Å². The number of unbranched alkanes of at least 4 members (excludes halogenated alkanes) is 2. The molecule has 0 aromatic carbocycles. The minimum atomic E-state index is -1.24. The summed E-state index contributed by atoms with van der Waals surface area (Å²) in [4.78, 5) is 61.2. The normalized spacial score (nSPS) is 15.1. The molecule has 5 unspecified atom stereocenters. The molecule has 0 spiro atoms. The van der Waals surface area contributed by atoms with E-state index >= 15 is 0 Å². The number of amides is 3. The van der Waals surface area contributed by atoms with Crippen LogP contribution in [-0.4, -0.2) is 77.1 Å². The second kappa shape index (κ2) is 18.5. The quantitative estimate of drug-likeness (QED) is 0.0919. The minimum Gasteiger partial charge on any atom is -0.481 e. The van der Waals surface area contributed by atoms with Crippen LogP contribution in [0.1, 0.15) is 71.6 Å². The second-order valence-electron chi connectivity index (χ2n) is 8.93. The van der Waals surface area contributed by atoms with Crippen molar-refractivity contribution >= 4 is 29.7 Å². The van der Waals surface area contributed by atoms with Crippen LogP contribution in [0, 0.1) is 5.92 Å². The Bertz CT molecular complexity index is 721. The standard InChI is InChI=1S/C23H44N6O7/c1-3-14(2)19(26)22(34)28-16(10-11-18(30)31)21(33)27-15(8-4-6-12-24)20(32)29-17(23(35)36)9-5-7-13-25/h14-17,19H,3-13,24-26H2,1-2H3,(H,27,33)(H,28,34)(H,29,32)(H,30,31)(H,35,36). The van der Waals surface area contributed by atoms with E-state index in [4.69, 9.17) is 22.3 Å². The van der Waals surface area contributed by atoms with Gasteiger partial charge < -0.3 is 43.4 Å². The van der Waals surface area contributed by atoms with Gasteiger partial charge in [-0.2, -0.15) is 0 Å². The van der Waals surface area contributed by atoms with E-state index in [-0.39, 0.29) is 25.2 Å². The van der Waals surface area contributed by atoms with Gasteiger partial charge in [0.1, 0.15) is 18.1 Å². The van der Waals surface area contributed by atoms with E-state index < -0.39 is 60.2 Å². The fourth-order valence-electron chi connectivity index (χ4n) is 3.37. The van der Waals surface area contributed by atoms with Crippen LogP contribution >= 0.6 is 0 Å². The summed E-state index contributed by atoms with van der Waals surface area (Å²) in [6.07, 6.45) is 2.50. The fourth-order valence-corrected chi connectivity index (χ4v) is 3.37. The Morgan fingerprint density at radius 3 is 1.61 bits per heavy atom. The summed E-state index contributed by atoms with van der Waals surface area (Å²) < 4.78 is 0. The third-order valence-corrected chi connectivity index (χ3v) is 5.98. The van der Waals surface area contributed by atoms with Gasteiger partial charge in [0.05, 0.1) is 6.04 Å². The van der Waals surface area contributed by atoms with Crippen LogP contribution in [0.2, 0.25) is 0 Å². The highest BCUT2D eigenvalue weighted by Gasteiger charge is 2.31. The summed E-state index contributed by atoms with van der Waals surface area (Å²) in [5.41, 5.74) is 16.9. The Balaban J connectivity index is 5.57. The van der Waals surface area contributed by atoms with Crippen molar-refractivity contribution in [2.45, 2.75) is 95.8 Å². The van der Waals surface area contributed by atoms with Gasteiger partial charge in [0.2, 0.25) is 17.7 Å². The number of rotatable bonds is 20. The second-order valence-corrected chi connectivity index (χ2v) is 8.93. The number of hydrogen-bond acceptors (Lipinski definition) is 8. The van der Waals surface area contributed by atoms with Crippen molar-refractivity contribution < 1.29 is 34.2 Å². The first kappa shape index (κ1) is 33.2. The molecule has 0 aromatic heterocycles. The van der Waals surface area contributed by atoms with E-state index in [1.165, 1.54) is 0 Å². The van der Waals surface area contributed by atoms with E-state index in [2.05, 4.69) is 16.0 Å². The average Bonchev–Trinajstić information content (AvgIpc) is 2.83. The molecule has 3 amide bonds. The molecule has 0 aliphatic heterocycles. The Kier molecular flexibility index (Phi) is 17.1. The molecule has 0 saturated heterocycles. The largest absolute Gasteiger partial charge is 0.481 e. The summed E-state index contributed by atoms with van der Waals surface area (Å²) in [7, 11) is 0. The summed E-state index contributed by atoms with van der Waals surface area (Å²) in [5.74, 6) is -4.60. The van der Waals surface area contributed by atoms with Crippen molar-refractivity contribution in [1.82, 2.24) is 16.0 Å². The summed E-state index contributed by atoms with van der Waals surface area (Å²) in [6, 6.07) is -4.40. The van der Waals surface area contributed by atoms with E-state index in [9.17, 15) is 29.1 Å². The number of hydrogen-bond donors (Lipinski definition) is 8. The number of nitrogens with one attached hydrogen (secondary N) is 3. The zero-order valence-corrected chi connectivity index (χ0v) is 21.3. The first-order valence-electron chi connectivity index (χ1n) is 12.5. The SMILES string of the molecule is CCC(C)C(N)C(=O)NC(CCC(=O)O)C(=O)NC(CCCCN)C(=O)NC(CCCCN)C(=O)O. The molecule has 0 fully saturated rings. The van der Waals surface area contributed by atoms with Gasteiger partial charge in [-0.25, -0.2) is 4.79 Å². The first-order valence-corrected chi connectivity index (χ1v) is 12.5. The zero-order chi connectivity index (χ0) is 27.7. The molecule has 36 heavy (non-hydrogen) atoms. The van der Waals surface area contributed by atoms with E-state index in [0.29, 0.717) is 45.2 Å². The lowest BCUT2D eigenvalue weighted by Gasteiger charge is -2.26. The summed E-state index contributed by atoms with van der Waals surface area (Å²) >= 11 is 0. The fraction of sp³-hybridized carbons (Fsp3) is 0.783.